The average molecular weight is 535 g/mol. The number of carboxylic acids is 2. The molecule has 10 heteroatoms. The van der Waals surface area contributed by atoms with Crippen LogP contribution in [0, 0.1) is 0 Å². The second-order valence-corrected chi connectivity index (χ2v) is 7.73. The predicted molar refractivity (Wildman–Crippen MR) is 141 cm³/mol. The number of carbonyl (C=O) groups is 4. The Bertz CT molecular complexity index is 1370. The molecule has 3 aromatic rings. The molecule has 0 spiro atoms. The number of ether oxygens (including phenoxy) is 3. The predicted octanol–water partition coefficient (Wildman–Crippen LogP) is 4.70. The monoisotopic (exact) mass is 534 g/mol. The topological polar surface area (TPSA) is 157 Å². The Morgan fingerprint density at radius 2 is 1.28 bits per heavy atom. The molecule has 0 bridgehead atoms. The Labute approximate surface area is 224 Å². The quantitative estimate of drug-likeness (QED) is 0.200. The molecule has 0 aromatic heterocycles. The third kappa shape index (κ3) is 11.5. The minimum Gasteiger partial charge on any atom is -0.508 e. The van der Waals surface area contributed by atoms with E-state index in [0.717, 1.165) is 17.7 Å². The molecule has 0 saturated heterocycles. The minimum atomic E-state index is -1.15. The normalized spacial score (nSPS) is 10.4. The summed E-state index contributed by atoms with van der Waals surface area (Å²) in [7, 11) is 0. The summed E-state index contributed by atoms with van der Waals surface area (Å²) < 4.78 is 15.4. The lowest BCUT2D eigenvalue weighted by molar-refractivity contribution is -0.133. The Hall–Kier alpha value is -5.38. The number of esters is 2. The van der Waals surface area contributed by atoms with E-state index < -0.39 is 23.9 Å². The van der Waals surface area contributed by atoms with E-state index in [-0.39, 0.29) is 17.2 Å². The van der Waals surface area contributed by atoms with Gasteiger partial charge in [0, 0.05) is 37.1 Å². The van der Waals surface area contributed by atoms with Crippen molar-refractivity contribution in [1.29, 1.82) is 0 Å². The molecule has 0 aliphatic rings. The molecule has 0 aliphatic carbocycles. The van der Waals surface area contributed by atoms with Crippen LogP contribution < -0.4 is 14.2 Å². The van der Waals surface area contributed by atoms with E-state index in [0.29, 0.717) is 23.5 Å². The van der Waals surface area contributed by atoms with Gasteiger partial charge >= 0.3 is 23.9 Å². The number of hydrogen-bond donors (Lipinski definition) is 3. The molecular formula is C29H26O10. The Balaban J connectivity index is 0.000000274. The summed E-state index contributed by atoms with van der Waals surface area (Å²) in [6.45, 7) is 2.84. The summed E-state index contributed by atoms with van der Waals surface area (Å²) in [5.74, 6) is -2.26. The van der Waals surface area contributed by atoms with E-state index >= 15 is 0 Å². The van der Waals surface area contributed by atoms with Gasteiger partial charge < -0.3 is 29.5 Å². The van der Waals surface area contributed by atoms with Gasteiger partial charge in [-0.2, -0.15) is 0 Å². The maximum Gasteiger partial charge on any atom is 0.328 e. The summed E-state index contributed by atoms with van der Waals surface area (Å²) in [5.41, 5.74) is 1.84. The molecule has 0 atom stereocenters. The molecule has 0 aliphatic heterocycles. The number of phenolic OH excluding ortho intramolecular Hbond substituents is 1. The van der Waals surface area contributed by atoms with E-state index in [1.54, 1.807) is 6.07 Å². The van der Waals surface area contributed by atoms with Crippen molar-refractivity contribution in [2.24, 2.45) is 0 Å². The van der Waals surface area contributed by atoms with E-state index in [1.165, 1.54) is 56.3 Å². The number of carbonyl (C=O) groups excluding carboxylic acids is 2. The minimum absolute atomic E-state index is 0.0575. The van der Waals surface area contributed by atoms with Crippen LogP contribution in [0.4, 0.5) is 0 Å². The van der Waals surface area contributed by atoms with Crippen molar-refractivity contribution >= 4 is 36.0 Å². The van der Waals surface area contributed by atoms with Crippen LogP contribution in [0.15, 0.2) is 78.9 Å². The highest BCUT2D eigenvalue weighted by atomic mass is 16.5. The lowest BCUT2D eigenvalue weighted by atomic mass is 10.1. The molecule has 39 heavy (non-hydrogen) atoms. The highest BCUT2D eigenvalue weighted by molar-refractivity contribution is 5.87. The molecule has 0 saturated carbocycles. The summed E-state index contributed by atoms with van der Waals surface area (Å²) in [6, 6.07) is 18.5. The van der Waals surface area contributed by atoms with Crippen molar-refractivity contribution in [2.75, 3.05) is 0 Å². The molecule has 0 fully saturated rings. The zero-order chi connectivity index (χ0) is 28.8. The van der Waals surface area contributed by atoms with E-state index in [1.807, 2.05) is 30.3 Å². The van der Waals surface area contributed by atoms with E-state index in [9.17, 15) is 24.3 Å². The molecule has 3 rings (SSSR count). The number of rotatable bonds is 9. The molecule has 10 nitrogen and oxygen atoms in total. The number of hydrogen-bond acceptors (Lipinski definition) is 8. The van der Waals surface area contributed by atoms with E-state index in [4.69, 9.17) is 24.4 Å². The standard InChI is InChI=1S/C16H14O4.C13H12O6/c17-14-7-8-15(13(10-14)6-9-16(18)19)20-11-12-4-2-1-3-5-12;1-8(14)18-11-4-5-12(19-9(2)15)10(7-11)3-6-13(16)17/h1-10,17H,11H2,(H,18,19);3-7H,1-2H3,(H,16,17). The van der Waals surface area contributed by atoms with Crippen molar-refractivity contribution in [3.05, 3.63) is 95.6 Å². The van der Waals surface area contributed by atoms with Gasteiger partial charge in [0.1, 0.15) is 29.6 Å². The van der Waals surface area contributed by atoms with Crippen LogP contribution in [-0.4, -0.2) is 39.2 Å². The number of benzene rings is 3. The molecule has 202 valence electrons. The second-order valence-electron chi connectivity index (χ2n) is 7.73. The Kier molecular flexibility index (Phi) is 11.5. The van der Waals surface area contributed by atoms with Crippen LogP contribution in [-0.2, 0) is 25.8 Å². The van der Waals surface area contributed by atoms with Crippen LogP contribution >= 0.6 is 0 Å². The number of carboxylic acid groups (broad SMARTS) is 2. The van der Waals surface area contributed by atoms with Crippen molar-refractivity contribution in [3.8, 4) is 23.0 Å². The fourth-order valence-corrected chi connectivity index (χ4v) is 2.99. The summed E-state index contributed by atoms with van der Waals surface area (Å²) in [4.78, 5) is 42.8. The maximum atomic E-state index is 10.9. The van der Waals surface area contributed by atoms with Gasteiger partial charge in [-0.1, -0.05) is 30.3 Å². The van der Waals surface area contributed by atoms with E-state index in [2.05, 4.69) is 0 Å². The third-order valence-corrected chi connectivity index (χ3v) is 4.54. The highest BCUT2D eigenvalue weighted by Gasteiger charge is 2.08. The van der Waals surface area contributed by atoms with Gasteiger partial charge in [-0.05, 0) is 54.1 Å². The number of aliphatic carboxylic acids is 2. The number of aromatic hydroxyl groups is 1. The summed E-state index contributed by atoms with van der Waals surface area (Å²) in [5, 5.41) is 26.7. The maximum absolute atomic E-state index is 10.9. The zero-order valence-corrected chi connectivity index (χ0v) is 21.1. The molecule has 0 unspecified atom stereocenters. The highest BCUT2D eigenvalue weighted by Crippen LogP contribution is 2.27. The van der Waals surface area contributed by atoms with Crippen molar-refractivity contribution < 1.29 is 48.7 Å². The van der Waals surface area contributed by atoms with Gasteiger partial charge in [0.05, 0.1) is 0 Å². The largest absolute Gasteiger partial charge is 0.508 e. The molecule has 3 aromatic carbocycles. The SMILES string of the molecule is CC(=O)Oc1ccc(OC(C)=O)c(C=CC(=O)O)c1.O=C(O)C=Cc1cc(O)ccc1OCc1ccccc1. The van der Waals surface area contributed by atoms with Crippen molar-refractivity contribution in [1.82, 2.24) is 0 Å². The van der Waals surface area contributed by atoms with Gasteiger partial charge in [0.25, 0.3) is 0 Å². The third-order valence-electron chi connectivity index (χ3n) is 4.54. The van der Waals surface area contributed by atoms with Gasteiger partial charge in [0.15, 0.2) is 0 Å². The molecule has 0 amide bonds. The number of phenols is 1. The first kappa shape index (κ1) is 29.8. The van der Waals surface area contributed by atoms with Gasteiger partial charge in [-0.15, -0.1) is 0 Å². The van der Waals surface area contributed by atoms with Crippen LogP contribution in [0.3, 0.4) is 0 Å². The lowest BCUT2D eigenvalue weighted by Crippen LogP contribution is -2.05. The fourth-order valence-electron chi connectivity index (χ4n) is 2.99. The molecule has 0 radical (unpaired) electrons. The first-order chi connectivity index (χ1) is 18.5. The Morgan fingerprint density at radius 1 is 0.718 bits per heavy atom. The van der Waals surface area contributed by atoms with Crippen molar-refractivity contribution in [3.63, 3.8) is 0 Å². The van der Waals surface area contributed by atoms with Crippen molar-refractivity contribution in [2.45, 2.75) is 20.5 Å². The van der Waals surface area contributed by atoms with Crippen LogP contribution in [0.1, 0.15) is 30.5 Å². The fraction of sp³-hybridized carbons (Fsp3) is 0.103. The average Bonchev–Trinajstić information content (AvgIpc) is 2.87. The first-order valence-electron chi connectivity index (χ1n) is 11.4. The van der Waals surface area contributed by atoms with Gasteiger partial charge in [-0.3, -0.25) is 9.59 Å². The van der Waals surface area contributed by atoms with Crippen LogP contribution in [0.25, 0.3) is 12.2 Å². The summed E-state index contributed by atoms with van der Waals surface area (Å²) in [6.07, 6.45) is 4.53. The smallest absolute Gasteiger partial charge is 0.328 e. The first-order valence-corrected chi connectivity index (χ1v) is 11.4. The molecular weight excluding hydrogens is 508 g/mol. The lowest BCUT2D eigenvalue weighted by Gasteiger charge is -2.09. The molecule has 3 N–H and O–H groups in total. The zero-order valence-electron chi connectivity index (χ0n) is 21.1. The van der Waals surface area contributed by atoms with Crippen LogP contribution in [0.2, 0.25) is 0 Å². The molecule has 0 heterocycles. The second kappa shape index (κ2) is 15.0. The Morgan fingerprint density at radius 3 is 1.85 bits per heavy atom. The summed E-state index contributed by atoms with van der Waals surface area (Å²) >= 11 is 0. The van der Waals surface area contributed by atoms with Gasteiger partial charge in [-0.25, -0.2) is 9.59 Å². The van der Waals surface area contributed by atoms with Gasteiger partial charge in [0.2, 0.25) is 0 Å². The van der Waals surface area contributed by atoms with Crippen LogP contribution in [0.5, 0.6) is 23.0 Å².